The molecule has 0 saturated heterocycles. The van der Waals surface area contributed by atoms with Gasteiger partial charge in [-0.15, -0.1) is 11.3 Å². The summed E-state index contributed by atoms with van der Waals surface area (Å²) in [4.78, 5) is 24.3. The lowest BCUT2D eigenvalue weighted by molar-refractivity contribution is -0.136. The van der Waals surface area contributed by atoms with E-state index in [0.29, 0.717) is 17.8 Å². The summed E-state index contributed by atoms with van der Waals surface area (Å²) in [5.74, 6) is -1.52. The highest BCUT2D eigenvalue weighted by molar-refractivity contribution is 7.09. The molecule has 5 nitrogen and oxygen atoms in total. The van der Waals surface area contributed by atoms with Crippen molar-refractivity contribution in [2.75, 3.05) is 5.32 Å². The van der Waals surface area contributed by atoms with E-state index in [-0.39, 0.29) is 0 Å². The van der Waals surface area contributed by atoms with Crippen molar-refractivity contribution in [2.24, 2.45) is 0 Å². The molecule has 0 aliphatic heterocycles. The molecule has 0 atom stereocenters. The Morgan fingerprint density at radius 3 is 2.65 bits per heavy atom. The first-order valence-electron chi connectivity index (χ1n) is 5.81. The molecule has 2 aromatic rings. The zero-order valence-electron chi connectivity index (χ0n) is 10.4. The van der Waals surface area contributed by atoms with Gasteiger partial charge in [-0.3, -0.25) is 9.59 Å². The van der Waals surface area contributed by atoms with Crippen molar-refractivity contribution in [3.8, 4) is 6.07 Å². The van der Waals surface area contributed by atoms with Gasteiger partial charge in [-0.05, 0) is 23.6 Å². The van der Waals surface area contributed by atoms with Gasteiger partial charge in [-0.2, -0.15) is 5.26 Å². The minimum Gasteiger partial charge on any atom is -0.343 e. The van der Waals surface area contributed by atoms with Crippen LogP contribution in [0.2, 0.25) is 0 Å². The molecule has 2 amide bonds. The second-order valence-electron chi connectivity index (χ2n) is 3.87. The van der Waals surface area contributed by atoms with Gasteiger partial charge in [0.25, 0.3) is 0 Å². The van der Waals surface area contributed by atoms with Crippen LogP contribution >= 0.6 is 11.3 Å². The molecule has 0 aliphatic carbocycles. The van der Waals surface area contributed by atoms with E-state index < -0.39 is 11.8 Å². The highest BCUT2D eigenvalue weighted by Crippen LogP contribution is 2.13. The maximum atomic E-state index is 11.7. The Labute approximate surface area is 119 Å². The van der Waals surface area contributed by atoms with Crippen molar-refractivity contribution in [3.05, 3.63) is 52.2 Å². The quantitative estimate of drug-likeness (QED) is 0.845. The Bertz CT molecular complexity index is 659. The third kappa shape index (κ3) is 3.43. The molecular weight excluding hydrogens is 274 g/mol. The molecule has 0 bridgehead atoms. The molecule has 0 radical (unpaired) electrons. The highest BCUT2D eigenvalue weighted by atomic mass is 32.1. The van der Waals surface area contributed by atoms with Crippen LogP contribution in [0.1, 0.15) is 10.4 Å². The van der Waals surface area contributed by atoms with Crippen LogP contribution in [0.3, 0.4) is 0 Å². The second kappa shape index (κ2) is 6.50. The number of para-hydroxylation sites is 1. The summed E-state index contributed by atoms with van der Waals surface area (Å²) >= 11 is 1.50. The topological polar surface area (TPSA) is 82.0 Å². The number of benzene rings is 1. The first-order valence-corrected chi connectivity index (χ1v) is 6.69. The molecule has 6 heteroatoms. The summed E-state index contributed by atoms with van der Waals surface area (Å²) in [5.41, 5.74) is 0.637. The molecule has 2 N–H and O–H groups in total. The van der Waals surface area contributed by atoms with Crippen LogP contribution in [0.5, 0.6) is 0 Å². The number of hydrogen-bond donors (Lipinski definition) is 2. The number of nitrogens with zero attached hydrogens (tertiary/aromatic N) is 1. The van der Waals surface area contributed by atoms with Gasteiger partial charge in [0, 0.05) is 4.88 Å². The third-order valence-electron chi connectivity index (χ3n) is 2.51. The van der Waals surface area contributed by atoms with Crippen LogP contribution in [0.4, 0.5) is 5.69 Å². The molecule has 0 fully saturated rings. The molecule has 0 unspecified atom stereocenters. The molecule has 100 valence electrons. The van der Waals surface area contributed by atoms with Gasteiger partial charge in [0.15, 0.2) is 0 Å². The van der Waals surface area contributed by atoms with Crippen molar-refractivity contribution in [3.63, 3.8) is 0 Å². The maximum Gasteiger partial charge on any atom is 0.313 e. The van der Waals surface area contributed by atoms with Gasteiger partial charge >= 0.3 is 11.8 Å². The van der Waals surface area contributed by atoms with Gasteiger partial charge in [-0.25, -0.2) is 0 Å². The Kier molecular flexibility index (Phi) is 4.47. The molecule has 2 rings (SSSR count). The molecule has 1 aromatic carbocycles. The van der Waals surface area contributed by atoms with Gasteiger partial charge in [0.1, 0.15) is 6.07 Å². The lowest BCUT2D eigenvalue weighted by Crippen LogP contribution is -2.34. The summed E-state index contributed by atoms with van der Waals surface area (Å²) in [5, 5.41) is 15.7. The Morgan fingerprint density at radius 2 is 1.95 bits per heavy atom. The average molecular weight is 285 g/mol. The fourth-order valence-electron chi connectivity index (χ4n) is 1.53. The average Bonchev–Trinajstić information content (AvgIpc) is 2.98. The summed E-state index contributed by atoms with van der Waals surface area (Å²) in [6, 6.07) is 12.2. The smallest absolute Gasteiger partial charge is 0.313 e. The summed E-state index contributed by atoms with van der Waals surface area (Å²) in [6.07, 6.45) is 0. The lowest BCUT2D eigenvalue weighted by Gasteiger charge is -2.06. The van der Waals surface area contributed by atoms with Crippen molar-refractivity contribution in [1.29, 1.82) is 5.26 Å². The molecule has 0 saturated carbocycles. The largest absolute Gasteiger partial charge is 0.343 e. The van der Waals surface area contributed by atoms with E-state index in [2.05, 4.69) is 10.6 Å². The number of nitriles is 1. The first-order chi connectivity index (χ1) is 9.70. The second-order valence-corrected chi connectivity index (χ2v) is 4.91. The van der Waals surface area contributed by atoms with Crippen LogP contribution < -0.4 is 10.6 Å². The van der Waals surface area contributed by atoms with Crippen molar-refractivity contribution < 1.29 is 9.59 Å². The third-order valence-corrected chi connectivity index (χ3v) is 3.38. The fraction of sp³-hybridized carbons (Fsp3) is 0.0714. The number of amides is 2. The van der Waals surface area contributed by atoms with Gasteiger partial charge < -0.3 is 10.6 Å². The minimum absolute atomic E-state index is 0.309. The predicted octanol–water partition coefficient (Wildman–Crippen LogP) is 1.87. The number of thiophene rings is 1. The zero-order valence-corrected chi connectivity index (χ0v) is 11.2. The van der Waals surface area contributed by atoms with Crippen molar-refractivity contribution in [2.45, 2.75) is 6.54 Å². The summed E-state index contributed by atoms with van der Waals surface area (Å²) in [7, 11) is 0. The fourth-order valence-corrected chi connectivity index (χ4v) is 2.17. The summed E-state index contributed by atoms with van der Waals surface area (Å²) < 4.78 is 0. The SMILES string of the molecule is N#Cc1ccccc1NC(=O)C(=O)NCc1cccs1. The molecule has 0 spiro atoms. The van der Waals surface area contributed by atoms with Crippen molar-refractivity contribution in [1.82, 2.24) is 5.32 Å². The molecular formula is C14H11N3O2S. The van der Waals surface area contributed by atoms with Crippen LogP contribution in [0.15, 0.2) is 41.8 Å². The maximum absolute atomic E-state index is 11.7. The Morgan fingerprint density at radius 1 is 1.15 bits per heavy atom. The number of carbonyl (C=O) groups excluding carboxylic acids is 2. The molecule has 20 heavy (non-hydrogen) atoms. The summed E-state index contributed by atoms with van der Waals surface area (Å²) in [6.45, 7) is 0.309. The van der Waals surface area contributed by atoms with E-state index in [1.165, 1.54) is 11.3 Å². The predicted molar refractivity (Wildman–Crippen MR) is 76.0 cm³/mol. The Hall–Kier alpha value is -2.65. The minimum atomic E-state index is -0.788. The monoisotopic (exact) mass is 285 g/mol. The first kappa shape index (κ1) is 13.8. The van der Waals surface area contributed by atoms with Gasteiger partial charge in [-0.1, -0.05) is 18.2 Å². The van der Waals surface area contributed by atoms with Gasteiger partial charge in [0.2, 0.25) is 0 Å². The number of rotatable bonds is 3. The van der Waals surface area contributed by atoms with E-state index in [9.17, 15) is 9.59 Å². The number of carbonyl (C=O) groups is 2. The van der Waals surface area contributed by atoms with Gasteiger partial charge in [0.05, 0.1) is 17.8 Å². The number of hydrogen-bond acceptors (Lipinski definition) is 4. The Balaban J connectivity index is 1.94. The number of anilines is 1. The molecule has 1 heterocycles. The van der Waals surface area contributed by atoms with Crippen molar-refractivity contribution >= 4 is 28.8 Å². The van der Waals surface area contributed by atoms with Crippen LogP contribution in [-0.2, 0) is 16.1 Å². The van der Waals surface area contributed by atoms with E-state index in [4.69, 9.17) is 5.26 Å². The standard InChI is InChI=1S/C14H11N3O2S/c15-8-10-4-1-2-6-12(10)17-14(19)13(18)16-9-11-5-3-7-20-11/h1-7H,9H2,(H,16,18)(H,17,19). The van der Waals surface area contributed by atoms with Crippen LogP contribution in [0.25, 0.3) is 0 Å². The zero-order chi connectivity index (χ0) is 14.4. The normalized spacial score (nSPS) is 9.55. The number of nitrogens with one attached hydrogen (secondary N) is 2. The lowest BCUT2D eigenvalue weighted by atomic mass is 10.2. The van der Waals surface area contributed by atoms with E-state index in [0.717, 1.165) is 4.88 Å². The van der Waals surface area contributed by atoms with Crippen LogP contribution in [-0.4, -0.2) is 11.8 Å². The molecule has 0 aliphatic rings. The molecule has 1 aromatic heterocycles. The van der Waals surface area contributed by atoms with E-state index in [1.54, 1.807) is 24.3 Å². The van der Waals surface area contributed by atoms with E-state index in [1.807, 2.05) is 23.6 Å². The highest BCUT2D eigenvalue weighted by Gasteiger charge is 2.14. The van der Waals surface area contributed by atoms with E-state index >= 15 is 0 Å². The van der Waals surface area contributed by atoms with Crippen LogP contribution in [0, 0.1) is 11.3 Å².